The third-order valence-corrected chi connectivity index (χ3v) is 3.64. The van der Waals surface area contributed by atoms with Gasteiger partial charge >= 0.3 is 0 Å². The fourth-order valence-electron chi connectivity index (χ4n) is 2.54. The third kappa shape index (κ3) is 2.96. The van der Waals surface area contributed by atoms with Crippen LogP contribution in [0.5, 0.6) is 0 Å². The van der Waals surface area contributed by atoms with Gasteiger partial charge in [0.1, 0.15) is 6.29 Å². The van der Waals surface area contributed by atoms with Crippen LogP contribution in [0.1, 0.15) is 12.0 Å². The number of aldehydes is 1. The van der Waals surface area contributed by atoms with Gasteiger partial charge in [-0.25, -0.2) is 0 Å². The van der Waals surface area contributed by atoms with Crippen molar-refractivity contribution >= 4 is 17.7 Å². The predicted molar refractivity (Wildman–Crippen MR) is 77.2 cm³/mol. The molecule has 0 spiro atoms. The van der Waals surface area contributed by atoms with Crippen LogP contribution in [0.15, 0.2) is 18.2 Å². The molecule has 1 atom stereocenters. The summed E-state index contributed by atoms with van der Waals surface area (Å²) in [4.78, 5) is 25.8. The van der Waals surface area contributed by atoms with E-state index in [0.717, 1.165) is 30.6 Å². The molecule has 0 aliphatic carbocycles. The van der Waals surface area contributed by atoms with E-state index in [4.69, 9.17) is 0 Å². The first-order valence-corrected chi connectivity index (χ1v) is 6.67. The van der Waals surface area contributed by atoms with Crippen LogP contribution in [0, 0.1) is 10.1 Å². The largest absolute Gasteiger partial charge is 0.360 e. The smallest absolute Gasteiger partial charge is 0.269 e. The number of likely N-dealkylation sites (N-methyl/N-ethyl adjacent to an activating group) is 1. The number of hydrogen-bond acceptors (Lipinski definition) is 5. The highest BCUT2D eigenvalue weighted by molar-refractivity contribution is 5.71. The van der Waals surface area contributed by atoms with Gasteiger partial charge in [0.05, 0.1) is 11.0 Å². The van der Waals surface area contributed by atoms with Crippen LogP contribution in [-0.2, 0) is 11.2 Å². The standard InChI is InChI=1S/C14H19N3O3/c1-15(2)7-8-16-13(10-18)4-3-11-9-12(17(19)20)5-6-14(11)16/h5-6,9-10,13H,3-4,7-8H2,1-2H3. The van der Waals surface area contributed by atoms with Crippen molar-refractivity contribution in [3.63, 3.8) is 0 Å². The van der Waals surface area contributed by atoms with Crippen molar-refractivity contribution in [1.82, 2.24) is 4.90 Å². The van der Waals surface area contributed by atoms with Crippen molar-refractivity contribution in [3.05, 3.63) is 33.9 Å². The summed E-state index contributed by atoms with van der Waals surface area (Å²) in [5, 5.41) is 10.8. The number of nitrogens with zero attached hydrogens (tertiary/aromatic N) is 3. The maximum atomic E-state index is 11.2. The monoisotopic (exact) mass is 277 g/mol. The van der Waals surface area contributed by atoms with Crippen molar-refractivity contribution in [2.24, 2.45) is 0 Å². The minimum Gasteiger partial charge on any atom is -0.360 e. The summed E-state index contributed by atoms with van der Waals surface area (Å²) in [5.74, 6) is 0. The van der Waals surface area contributed by atoms with Gasteiger partial charge in [0.25, 0.3) is 5.69 Å². The number of non-ortho nitro benzene ring substituents is 1. The molecule has 0 bridgehead atoms. The number of carbonyl (C=O) groups is 1. The highest BCUT2D eigenvalue weighted by atomic mass is 16.6. The topological polar surface area (TPSA) is 66.7 Å². The number of fused-ring (bicyclic) bond motifs is 1. The van der Waals surface area contributed by atoms with E-state index in [2.05, 4.69) is 9.80 Å². The molecule has 2 rings (SSSR count). The molecule has 20 heavy (non-hydrogen) atoms. The Hall–Kier alpha value is -1.95. The molecular formula is C14H19N3O3. The molecule has 1 aliphatic heterocycles. The van der Waals surface area contributed by atoms with Crippen molar-refractivity contribution in [2.45, 2.75) is 18.9 Å². The summed E-state index contributed by atoms with van der Waals surface area (Å²) >= 11 is 0. The predicted octanol–water partition coefficient (Wildman–Crippen LogP) is 1.48. The number of nitro groups is 1. The molecule has 1 aromatic carbocycles. The average Bonchev–Trinajstić information content (AvgIpc) is 2.43. The van der Waals surface area contributed by atoms with E-state index in [1.54, 1.807) is 12.1 Å². The van der Waals surface area contributed by atoms with Gasteiger partial charge in [-0.3, -0.25) is 10.1 Å². The highest BCUT2D eigenvalue weighted by Crippen LogP contribution is 2.32. The summed E-state index contributed by atoms with van der Waals surface area (Å²) in [6.07, 6.45) is 2.39. The van der Waals surface area contributed by atoms with Crippen molar-refractivity contribution < 1.29 is 9.72 Å². The van der Waals surface area contributed by atoms with Crippen LogP contribution in [0.4, 0.5) is 11.4 Å². The molecule has 1 unspecified atom stereocenters. The van der Waals surface area contributed by atoms with Gasteiger partial charge in [-0.2, -0.15) is 0 Å². The molecule has 0 saturated heterocycles. The summed E-state index contributed by atoms with van der Waals surface area (Å²) in [7, 11) is 3.97. The zero-order chi connectivity index (χ0) is 14.7. The SMILES string of the molecule is CN(C)CCN1c2ccc([N+](=O)[O-])cc2CCC1C=O. The molecule has 0 radical (unpaired) electrons. The average molecular weight is 277 g/mol. The molecule has 1 aliphatic rings. The van der Waals surface area contributed by atoms with Gasteiger partial charge in [0.2, 0.25) is 0 Å². The van der Waals surface area contributed by atoms with E-state index < -0.39 is 0 Å². The van der Waals surface area contributed by atoms with E-state index in [9.17, 15) is 14.9 Å². The van der Waals surface area contributed by atoms with E-state index in [1.165, 1.54) is 6.07 Å². The Labute approximate surface area is 118 Å². The minimum absolute atomic E-state index is 0.112. The van der Waals surface area contributed by atoms with Gasteiger partial charge in [-0.1, -0.05) is 0 Å². The second kappa shape index (κ2) is 6.00. The van der Waals surface area contributed by atoms with Gasteiger partial charge in [0, 0.05) is 30.9 Å². The third-order valence-electron chi connectivity index (χ3n) is 3.64. The Morgan fingerprint density at radius 3 is 2.85 bits per heavy atom. The Bertz CT molecular complexity index is 516. The van der Waals surface area contributed by atoms with Crippen molar-refractivity contribution in [3.8, 4) is 0 Å². The molecule has 1 aromatic rings. The number of nitro benzene ring substituents is 1. The number of aryl methyl sites for hydroxylation is 1. The Kier molecular flexibility index (Phi) is 4.34. The van der Waals surface area contributed by atoms with Gasteiger partial charge in [-0.15, -0.1) is 0 Å². The van der Waals surface area contributed by atoms with Crippen molar-refractivity contribution in [2.75, 3.05) is 32.1 Å². The molecule has 0 fully saturated rings. The summed E-state index contributed by atoms with van der Waals surface area (Å²) in [6.45, 7) is 1.57. The molecule has 6 nitrogen and oxygen atoms in total. The minimum atomic E-state index is -0.379. The lowest BCUT2D eigenvalue weighted by Gasteiger charge is -2.36. The molecule has 0 amide bonds. The van der Waals surface area contributed by atoms with Crippen LogP contribution in [-0.4, -0.2) is 49.3 Å². The summed E-state index contributed by atoms with van der Waals surface area (Å²) < 4.78 is 0. The first-order valence-electron chi connectivity index (χ1n) is 6.67. The van der Waals surface area contributed by atoms with E-state index in [1.807, 2.05) is 14.1 Å². The number of rotatable bonds is 5. The second-order valence-electron chi connectivity index (χ2n) is 5.31. The Morgan fingerprint density at radius 1 is 1.50 bits per heavy atom. The van der Waals surface area contributed by atoms with Crippen LogP contribution in [0.2, 0.25) is 0 Å². The number of anilines is 1. The molecule has 6 heteroatoms. The fourth-order valence-corrected chi connectivity index (χ4v) is 2.54. The highest BCUT2D eigenvalue weighted by Gasteiger charge is 2.27. The quantitative estimate of drug-likeness (QED) is 0.463. The number of carbonyl (C=O) groups excluding carboxylic acids is 1. The molecule has 108 valence electrons. The normalized spacial score (nSPS) is 17.9. The molecular weight excluding hydrogens is 258 g/mol. The lowest BCUT2D eigenvalue weighted by Crippen LogP contribution is -2.43. The molecule has 0 saturated carbocycles. The van der Waals surface area contributed by atoms with Crippen LogP contribution < -0.4 is 4.90 Å². The fraction of sp³-hybridized carbons (Fsp3) is 0.500. The first kappa shape index (κ1) is 14.5. The Balaban J connectivity index is 2.30. The molecule has 0 N–H and O–H groups in total. The van der Waals surface area contributed by atoms with E-state index in [0.29, 0.717) is 12.8 Å². The maximum Gasteiger partial charge on any atom is 0.269 e. The second-order valence-corrected chi connectivity index (χ2v) is 5.31. The van der Waals surface area contributed by atoms with Crippen LogP contribution in [0.25, 0.3) is 0 Å². The molecule has 1 heterocycles. The zero-order valence-corrected chi connectivity index (χ0v) is 11.8. The zero-order valence-electron chi connectivity index (χ0n) is 11.8. The van der Waals surface area contributed by atoms with E-state index in [-0.39, 0.29) is 16.7 Å². The molecule has 0 aromatic heterocycles. The van der Waals surface area contributed by atoms with Gasteiger partial charge < -0.3 is 14.6 Å². The van der Waals surface area contributed by atoms with Crippen LogP contribution in [0.3, 0.4) is 0 Å². The summed E-state index contributed by atoms with van der Waals surface area (Å²) in [6, 6.07) is 4.76. The Morgan fingerprint density at radius 2 is 2.25 bits per heavy atom. The first-order chi connectivity index (χ1) is 9.52. The van der Waals surface area contributed by atoms with Crippen molar-refractivity contribution in [1.29, 1.82) is 0 Å². The lowest BCUT2D eigenvalue weighted by molar-refractivity contribution is -0.384. The van der Waals surface area contributed by atoms with Gasteiger partial charge in [-0.05, 0) is 38.6 Å². The van der Waals surface area contributed by atoms with E-state index >= 15 is 0 Å². The maximum absolute atomic E-state index is 11.2. The summed E-state index contributed by atoms with van der Waals surface area (Å²) in [5.41, 5.74) is 2.01. The lowest BCUT2D eigenvalue weighted by atomic mass is 9.96. The van der Waals surface area contributed by atoms with Crippen LogP contribution >= 0.6 is 0 Å². The number of hydrogen-bond donors (Lipinski definition) is 0. The van der Waals surface area contributed by atoms with Gasteiger partial charge in [0.15, 0.2) is 0 Å². The number of benzene rings is 1.